The molecule has 96 valence electrons. The van der Waals surface area contributed by atoms with E-state index in [1.165, 1.54) is 7.11 Å². The molecule has 1 atom stereocenters. The highest BCUT2D eigenvalue weighted by molar-refractivity contribution is 14.1. The number of esters is 1. The standard InChI is InChI=1S/C11H10ClIN2O3/c1-18-11(17)6-4-8(16)15(5-6)7-2-3-14-10(12)9(7)13/h2-3,6H,4-5H2,1H3. The number of hydrogen-bond acceptors (Lipinski definition) is 4. The van der Waals surface area contributed by atoms with E-state index >= 15 is 0 Å². The number of pyridine rings is 1. The highest BCUT2D eigenvalue weighted by Gasteiger charge is 2.36. The SMILES string of the molecule is COC(=O)C1CC(=O)N(c2ccnc(Cl)c2I)C1. The predicted molar refractivity (Wildman–Crippen MR) is 74.4 cm³/mol. The third kappa shape index (κ3) is 2.44. The number of aromatic nitrogens is 1. The van der Waals surface area contributed by atoms with Crippen molar-refractivity contribution in [2.45, 2.75) is 6.42 Å². The fourth-order valence-electron chi connectivity index (χ4n) is 1.88. The first-order chi connectivity index (χ1) is 8.54. The zero-order chi connectivity index (χ0) is 13.3. The Morgan fingerprint density at radius 1 is 1.67 bits per heavy atom. The average molecular weight is 381 g/mol. The van der Waals surface area contributed by atoms with Gasteiger partial charge in [0.05, 0.1) is 22.3 Å². The molecule has 0 radical (unpaired) electrons. The number of carbonyl (C=O) groups excluding carboxylic acids is 2. The Labute approximate surface area is 123 Å². The number of amides is 1. The lowest BCUT2D eigenvalue weighted by Gasteiger charge is -2.18. The van der Waals surface area contributed by atoms with E-state index in [0.717, 1.165) is 0 Å². The van der Waals surface area contributed by atoms with Crippen molar-refractivity contribution in [2.75, 3.05) is 18.6 Å². The third-order valence-corrected chi connectivity index (χ3v) is 4.45. The van der Waals surface area contributed by atoms with Crippen LogP contribution < -0.4 is 4.90 Å². The molecule has 1 fully saturated rings. The van der Waals surface area contributed by atoms with Gasteiger partial charge in [-0.3, -0.25) is 9.59 Å². The summed E-state index contributed by atoms with van der Waals surface area (Å²) in [7, 11) is 1.32. The summed E-state index contributed by atoms with van der Waals surface area (Å²) in [6, 6.07) is 1.71. The second-order valence-electron chi connectivity index (χ2n) is 3.86. The van der Waals surface area contributed by atoms with Gasteiger partial charge in [0, 0.05) is 19.2 Å². The Bertz CT molecular complexity index is 509. The lowest BCUT2D eigenvalue weighted by atomic mass is 10.1. The van der Waals surface area contributed by atoms with Gasteiger partial charge in [0.1, 0.15) is 5.15 Å². The Balaban J connectivity index is 2.27. The second-order valence-corrected chi connectivity index (χ2v) is 5.30. The monoisotopic (exact) mass is 380 g/mol. The molecule has 0 saturated carbocycles. The number of anilines is 1. The minimum Gasteiger partial charge on any atom is -0.469 e. The van der Waals surface area contributed by atoms with Crippen molar-refractivity contribution in [3.8, 4) is 0 Å². The summed E-state index contributed by atoms with van der Waals surface area (Å²) in [6.45, 7) is 0.321. The Kier molecular flexibility index (Phi) is 4.06. The molecule has 5 nitrogen and oxygen atoms in total. The maximum Gasteiger partial charge on any atom is 0.311 e. The Morgan fingerprint density at radius 2 is 2.39 bits per heavy atom. The van der Waals surface area contributed by atoms with E-state index in [1.807, 2.05) is 22.6 Å². The van der Waals surface area contributed by atoms with Crippen LogP contribution in [0.2, 0.25) is 5.15 Å². The van der Waals surface area contributed by atoms with Gasteiger partial charge in [-0.2, -0.15) is 0 Å². The second kappa shape index (κ2) is 5.40. The summed E-state index contributed by atoms with van der Waals surface area (Å²) in [4.78, 5) is 28.9. The van der Waals surface area contributed by atoms with Crippen LogP contribution in [0.4, 0.5) is 5.69 Å². The van der Waals surface area contributed by atoms with Crippen molar-refractivity contribution in [2.24, 2.45) is 5.92 Å². The summed E-state index contributed by atoms with van der Waals surface area (Å²) in [6.07, 6.45) is 1.71. The molecule has 1 aliphatic heterocycles. The van der Waals surface area contributed by atoms with Crippen molar-refractivity contribution >= 4 is 51.8 Å². The molecule has 0 aromatic carbocycles. The van der Waals surface area contributed by atoms with Gasteiger partial charge < -0.3 is 9.64 Å². The number of carbonyl (C=O) groups is 2. The van der Waals surface area contributed by atoms with Crippen molar-refractivity contribution in [3.63, 3.8) is 0 Å². The van der Waals surface area contributed by atoms with Crippen LogP contribution in [-0.4, -0.2) is 30.5 Å². The first kappa shape index (κ1) is 13.5. The van der Waals surface area contributed by atoms with Gasteiger partial charge in [-0.15, -0.1) is 0 Å². The third-order valence-electron chi connectivity index (χ3n) is 2.78. The summed E-state index contributed by atoms with van der Waals surface area (Å²) in [5.41, 5.74) is 0.687. The van der Waals surface area contributed by atoms with Gasteiger partial charge in [0.15, 0.2) is 0 Å². The molecule has 0 N–H and O–H groups in total. The van der Waals surface area contributed by atoms with Gasteiger partial charge in [0.25, 0.3) is 0 Å². The maximum atomic E-state index is 11.9. The molecule has 1 aromatic heterocycles. The van der Waals surface area contributed by atoms with Crippen molar-refractivity contribution < 1.29 is 14.3 Å². The molecule has 1 unspecified atom stereocenters. The largest absolute Gasteiger partial charge is 0.469 e. The van der Waals surface area contributed by atoms with E-state index in [2.05, 4.69) is 9.72 Å². The van der Waals surface area contributed by atoms with E-state index in [1.54, 1.807) is 17.2 Å². The molecular weight excluding hydrogens is 370 g/mol. The van der Waals surface area contributed by atoms with Crippen LogP contribution in [0.15, 0.2) is 12.3 Å². The van der Waals surface area contributed by atoms with E-state index in [4.69, 9.17) is 11.6 Å². The number of nitrogens with zero attached hydrogens (tertiary/aromatic N) is 2. The molecule has 1 saturated heterocycles. The Morgan fingerprint density at radius 3 is 3.06 bits per heavy atom. The quantitative estimate of drug-likeness (QED) is 0.446. The van der Waals surface area contributed by atoms with Crippen LogP contribution in [-0.2, 0) is 14.3 Å². The summed E-state index contributed by atoms with van der Waals surface area (Å²) >= 11 is 7.95. The van der Waals surface area contributed by atoms with Gasteiger partial charge >= 0.3 is 5.97 Å². The summed E-state index contributed by atoms with van der Waals surface area (Å²) in [5.74, 6) is -0.878. The smallest absolute Gasteiger partial charge is 0.311 e. The topological polar surface area (TPSA) is 59.5 Å². The zero-order valence-corrected chi connectivity index (χ0v) is 12.4. The van der Waals surface area contributed by atoms with E-state index < -0.39 is 5.92 Å². The summed E-state index contributed by atoms with van der Waals surface area (Å²) in [5, 5.41) is 0.349. The normalized spacial score (nSPS) is 19.2. The lowest BCUT2D eigenvalue weighted by Crippen LogP contribution is -2.27. The molecule has 1 amide bonds. The molecular formula is C11H10ClIN2O3. The first-order valence-electron chi connectivity index (χ1n) is 5.22. The van der Waals surface area contributed by atoms with Crippen LogP contribution in [0.1, 0.15) is 6.42 Å². The number of hydrogen-bond donors (Lipinski definition) is 0. The lowest BCUT2D eigenvalue weighted by molar-refractivity contribution is -0.145. The Hall–Kier alpha value is -0.890. The van der Waals surface area contributed by atoms with Gasteiger partial charge in [-0.25, -0.2) is 4.98 Å². The van der Waals surface area contributed by atoms with E-state index in [9.17, 15) is 9.59 Å². The van der Waals surface area contributed by atoms with Gasteiger partial charge in [0.2, 0.25) is 5.91 Å². The fraction of sp³-hybridized carbons (Fsp3) is 0.364. The molecule has 18 heavy (non-hydrogen) atoms. The molecule has 0 bridgehead atoms. The van der Waals surface area contributed by atoms with Crippen LogP contribution in [0.25, 0.3) is 0 Å². The van der Waals surface area contributed by atoms with Gasteiger partial charge in [-0.05, 0) is 28.7 Å². The fourth-order valence-corrected chi connectivity index (χ4v) is 2.65. The molecule has 0 aliphatic carbocycles. The molecule has 2 heterocycles. The number of ether oxygens (including phenoxy) is 1. The number of halogens is 2. The van der Waals surface area contributed by atoms with E-state index in [0.29, 0.717) is 21.0 Å². The number of methoxy groups -OCH3 is 1. The highest BCUT2D eigenvalue weighted by Crippen LogP contribution is 2.32. The summed E-state index contributed by atoms with van der Waals surface area (Å²) < 4.78 is 5.37. The van der Waals surface area contributed by atoms with Crippen LogP contribution in [0.5, 0.6) is 0 Å². The molecule has 0 spiro atoms. The van der Waals surface area contributed by atoms with Gasteiger partial charge in [-0.1, -0.05) is 11.6 Å². The maximum absolute atomic E-state index is 11.9. The van der Waals surface area contributed by atoms with Crippen molar-refractivity contribution in [3.05, 3.63) is 21.0 Å². The predicted octanol–water partition coefficient (Wildman–Crippen LogP) is 1.87. The highest BCUT2D eigenvalue weighted by atomic mass is 127. The molecule has 7 heteroatoms. The van der Waals surface area contributed by atoms with Crippen molar-refractivity contribution in [1.82, 2.24) is 4.98 Å². The van der Waals surface area contributed by atoms with Crippen LogP contribution in [0.3, 0.4) is 0 Å². The minimum atomic E-state index is -0.412. The van der Waals surface area contributed by atoms with Crippen molar-refractivity contribution in [1.29, 1.82) is 0 Å². The molecule has 1 aromatic rings. The molecule has 1 aliphatic rings. The van der Waals surface area contributed by atoms with E-state index in [-0.39, 0.29) is 18.3 Å². The van der Waals surface area contributed by atoms with Crippen LogP contribution in [0, 0.1) is 9.49 Å². The number of rotatable bonds is 2. The molecule has 2 rings (SSSR count). The van der Waals surface area contributed by atoms with Crippen LogP contribution >= 0.6 is 34.2 Å². The zero-order valence-electron chi connectivity index (χ0n) is 9.52. The average Bonchev–Trinajstić information content (AvgIpc) is 2.74. The minimum absolute atomic E-state index is 0.106. The first-order valence-corrected chi connectivity index (χ1v) is 6.68.